The molecule has 5 rings (SSSR count). The van der Waals surface area contributed by atoms with E-state index < -0.39 is 24.5 Å². The standard InChI is InChI=1S/C20H26N8O3/c21-18-15-19(24-11-23-18)28(12-25-15)20-17(30)16(29)13(31-20)10-26-6-3-7-27(9-8-26)14-4-1-2-5-22-14/h1-2,4-5,11-13,16-17,20,29-30H,3,6-10H2,(H2,21,23,24)/t13-,16-,17-,20-/m1/s1. The number of aliphatic hydroxyl groups is 2. The highest BCUT2D eigenvalue weighted by Crippen LogP contribution is 2.32. The van der Waals surface area contributed by atoms with Crippen molar-refractivity contribution >= 4 is 22.8 Å². The Kier molecular flexibility index (Phi) is 5.40. The number of aliphatic hydroxyl groups excluding tert-OH is 2. The summed E-state index contributed by atoms with van der Waals surface area (Å²) in [5, 5.41) is 21.3. The van der Waals surface area contributed by atoms with Crippen molar-refractivity contribution in [3.63, 3.8) is 0 Å². The lowest BCUT2D eigenvalue weighted by atomic mass is 10.1. The van der Waals surface area contributed by atoms with Gasteiger partial charge in [0.1, 0.15) is 36.0 Å². The van der Waals surface area contributed by atoms with E-state index in [9.17, 15) is 10.2 Å². The number of hydrogen-bond donors (Lipinski definition) is 3. The van der Waals surface area contributed by atoms with Gasteiger partial charge in [0, 0.05) is 32.4 Å². The quantitative estimate of drug-likeness (QED) is 0.507. The molecule has 2 saturated heterocycles. The molecule has 3 aromatic heterocycles. The molecule has 11 heteroatoms. The molecule has 4 atom stereocenters. The number of aromatic nitrogens is 5. The molecule has 0 amide bonds. The third kappa shape index (κ3) is 3.81. The highest BCUT2D eigenvalue weighted by Gasteiger charge is 2.45. The number of rotatable bonds is 4. The van der Waals surface area contributed by atoms with Gasteiger partial charge in [0.25, 0.3) is 0 Å². The van der Waals surface area contributed by atoms with Crippen LogP contribution < -0.4 is 10.6 Å². The number of nitrogen functional groups attached to an aromatic ring is 1. The minimum absolute atomic E-state index is 0.260. The molecule has 0 saturated carbocycles. The van der Waals surface area contributed by atoms with Gasteiger partial charge in [-0.2, -0.15) is 0 Å². The van der Waals surface area contributed by atoms with Crippen molar-refractivity contribution in [2.45, 2.75) is 31.0 Å². The van der Waals surface area contributed by atoms with Crippen LogP contribution in [-0.4, -0.2) is 90.7 Å². The van der Waals surface area contributed by atoms with E-state index >= 15 is 0 Å². The van der Waals surface area contributed by atoms with Crippen LogP contribution in [0.2, 0.25) is 0 Å². The van der Waals surface area contributed by atoms with Crippen LogP contribution in [0.4, 0.5) is 11.6 Å². The maximum atomic E-state index is 10.7. The molecule has 31 heavy (non-hydrogen) atoms. The molecule has 0 radical (unpaired) electrons. The first-order valence-electron chi connectivity index (χ1n) is 10.4. The summed E-state index contributed by atoms with van der Waals surface area (Å²) in [5.41, 5.74) is 6.76. The molecule has 0 unspecified atom stereocenters. The predicted molar refractivity (Wildman–Crippen MR) is 113 cm³/mol. The van der Waals surface area contributed by atoms with E-state index in [1.165, 1.54) is 12.7 Å². The summed E-state index contributed by atoms with van der Waals surface area (Å²) >= 11 is 0. The molecule has 164 valence electrons. The fraction of sp³-hybridized carbons (Fsp3) is 0.500. The Labute approximate surface area is 179 Å². The molecule has 3 aromatic rings. The molecule has 4 N–H and O–H groups in total. The van der Waals surface area contributed by atoms with Crippen LogP contribution in [-0.2, 0) is 4.74 Å². The van der Waals surface area contributed by atoms with Crippen LogP contribution in [0, 0.1) is 0 Å². The number of nitrogens with zero attached hydrogens (tertiary/aromatic N) is 7. The zero-order valence-electron chi connectivity index (χ0n) is 17.0. The number of anilines is 2. The Hall–Kier alpha value is -2.86. The molecule has 2 fully saturated rings. The van der Waals surface area contributed by atoms with Crippen molar-refractivity contribution in [1.82, 2.24) is 29.4 Å². The largest absolute Gasteiger partial charge is 0.387 e. The third-order valence-electron chi connectivity index (χ3n) is 6.00. The first-order chi connectivity index (χ1) is 15.1. The second kappa shape index (κ2) is 8.35. The van der Waals surface area contributed by atoms with Gasteiger partial charge in [0.2, 0.25) is 0 Å². The average Bonchev–Trinajstić information content (AvgIpc) is 3.23. The molecule has 5 heterocycles. The van der Waals surface area contributed by atoms with Crippen LogP contribution in [0.5, 0.6) is 0 Å². The summed E-state index contributed by atoms with van der Waals surface area (Å²) in [4.78, 5) is 21.4. The molecular formula is C20H26N8O3. The van der Waals surface area contributed by atoms with E-state index in [4.69, 9.17) is 10.5 Å². The molecule has 2 aliphatic rings. The minimum Gasteiger partial charge on any atom is -0.387 e. The Morgan fingerprint density at radius 1 is 1.03 bits per heavy atom. The Balaban J connectivity index is 1.27. The maximum absolute atomic E-state index is 10.7. The summed E-state index contributed by atoms with van der Waals surface area (Å²) in [6.45, 7) is 3.99. The van der Waals surface area contributed by atoms with Crippen LogP contribution in [0.15, 0.2) is 37.1 Å². The molecule has 0 aromatic carbocycles. The van der Waals surface area contributed by atoms with Crippen molar-refractivity contribution in [2.75, 3.05) is 43.4 Å². The number of nitrogens with two attached hydrogens (primary N) is 1. The Bertz CT molecular complexity index is 1030. The highest BCUT2D eigenvalue weighted by molar-refractivity contribution is 5.81. The summed E-state index contributed by atoms with van der Waals surface area (Å²) in [5.74, 6) is 1.24. The van der Waals surface area contributed by atoms with E-state index in [1.54, 1.807) is 10.8 Å². The van der Waals surface area contributed by atoms with Gasteiger partial charge >= 0.3 is 0 Å². The van der Waals surface area contributed by atoms with Crippen LogP contribution >= 0.6 is 0 Å². The first kappa shape index (κ1) is 20.1. The summed E-state index contributed by atoms with van der Waals surface area (Å²) in [7, 11) is 0. The number of fused-ring (bicyclic) bond motifs is 1. The zero-order valence-corrected chi connectivity index (χ0v) is 17.0. The molecule has 0 aliphatic carbocycles. The zero-order chi connectivity index (χ0) is 21.4. The highest BCUT2D eigenvalue weighted by atomic mass is 16.6. The van der Waals surface area contributed by atoms with Crippen LogP contribution in [0.3, 0.4) is 0 Å². The number of ether oxygens (including phenoxy) is 1. The van der Waals surface area contributed by atoms with Crippen molar-refractivity contribution in [1.29, 1.82) is 0 Å². The van der Waals surface area contributed by atoms with Gasteiger partial charge in [0.15, 0.2) is 17.7 Å². The lowest BCUT2D eigenvalue weighted by Crippen LogP contribution is -2.41. The fourth-order valence-electron chi connectivity index (χ4n) is 4.34. The molecule has 0 bridgehead atoms. The smallest absolute Gasteiger partial charge is 0.167 e. The number of imidazole rings is 1. The maximum Gasteiger partial charge on any atom is 0.167 e. The van der Waals surface area contributed by atoms with Crippen molar-refractivity contribution in [3.05, 3.63) is 37.1 Å². The topological polar surface area (TPSA) is 139 Å². The molecular weight excluding hydrogens is 400 g/mol. The first-order valence-corrected chi connectivity index (χ1v) is 10.4. The van der Waals surface area contributed by atoms with E-state index in [-0.39, 0.29) is 5.82 Å². The average molecular weight is 426 g/mol. The van der Waals surface area contributed by atoms with E-state index in [0.29, 0.717) is 17.7 Å². The van der Waals surface area contributed by atoms with Gasteiger partial charge in [-0.25, -0.2) is 19.9 Å². The van der Waals surface area contributed by atoms with Gasteiger partial charge < -0.3 is 25.6 Å². The van der Waals surface area contributed by atoms with E-state index in [1.807, 2.05) is 18.2 Å². The summed E-state index contributed by atoms with van der Waals surface area (Å²) in [6, 6.07) is 5.93. The fourth-order valence-corrected chi connectivity index (χ4v) is 4.34. The molecule has 2 aliphatic heterocycles. The monoisotopic (exact) mass is 426 g/mol. The van der Waals surface area contributed by atoms with Gasteiger partial charge in [-0.1, -0.05) is 6.07 Å². The normalized spacial score (nSPS) is 27.6. The van der Waals surface area contributed by atoms with Crippen LogP contribution in [0.25, 0.3) is 11.2 Å². The summed E-state index contributed by atoms with van der Waals surface area (Å²) < 4.78 is 7.69. The van der Waals surface area contributed by atoms with Crippen molar-refractivity contribution < 1.29 is 14.9 Å². The Morgan fingerprint density at radius 2 is 1.94 bits per heavy atom. The second-order valence-corrected chi connectivity index (χ2v) is 7.96. The van der Waals surface area contributed by atoms with Gasteiger partial charge in [-0.3, -0.25) is 9.47 Å². The second-order valence-electron chi connectivity index (χ2n) is 7.96. The van der Waals surface area contributed by atoms with Crippen molar-refractivity contribution in [3.8, 4) is 0 Å². The lowest BCUT2D eigenvalue weighted by Gasteiger charge is -2.25. The molecule has 11 nitrogen and oxygen atoms in total. The van der Waals surface area contributed by atoms with Gasteiger partial charge in [-0.15, -0.1) is 0 Å². The van der Waals surface area contributed by atoms with Gasteiger partial charge in [0.05, 0.1) is 6.33 Å². The predicted octanol–water partition coefficient (Wildman–Crippen LogP) is -0.365. The van der Waals surface area contributed by atoms with Gasteiger partial charge in [-0.05, 0) is 25.1 Å². The van der Waals surface area contributed by atoms with Crippen LogP contribution in [0.1, 0.15) is 12.6 Å². The SMILES string of the molecule is Nc1ncnc2c1ncn2[C@@H]1O[C@H](CN2CCCN(c3ccccn3)CC2)[C@@H](O)[C@H]1O. The van der Waals surface area contributed by atoms with E-state index in [2.05, 4.69) is 29.7 Å². The molecule has 0 spiro atoms. The summed E-state index contributed by atoms with van der Waals surface area (Å²) in [6.07, 6.45) is 2.20. The minimum atomic E-state index is -1.10. The van der Waals surface area contributed by atoms with E-state index in [0.717, 1.165) is 38.4 Å². The lowest BCUT2D eigenvalue weighted by molar-refractivity contribution is -0.0436. The number of pyridine rings is 1. The Morgan fingerprint density at radius 3 is 2.77 bits per heavy atom. The third-order valence-corrected chi connectivity index (χ3v) is 6.00. The van der Waals surface area contributed by atoms with Crippen molar-refractivity contribution in [2.24, 2.45) is 0 Å². The number of hydrogen-bond acceptors (Lipinski definition) is 10.